The maximum Gasteiger partial charge on any atom is 0.349 e. The largest absolute Gasteiger partial charge is 0.493 e. The second kappa shape index (κ2) is 5.62. The van der Waals surface area contributed by atoms with Crippen molar-refractivity contribution in [1.82, 2.24) is 15.1 Å². The Morgan fingerprint density at radius 3 is 2.88 bits per heavy atom. The number of fused-ring (bicyclic) bond motifs is 1. The van der Waals surface area contributed by atoms with E-state index in [9.17, 15) is 4.79 Å². The number of rotatable bonds is 3. The van der Waals surface area contributed by atoms with Crippen LogP contribution in [0.15, 0.2) is 62.5 Å². The Morgan fingerprint density at radius 1 is 1.17 bits per heavy atom. The average molecular weight is 321 g/mol. The number of benzene rings is 1. The summed E-state index contributed by atoms with van der Waals surface area (Å²) in [5.74, 6) is 0.924. The van der Waals surface area contributed by atoms with Gasteiger partial charge in [-0.25, -0.2) is 4.79 Å². The molecule has 3 aromatic heterocycles. The summed E-state index contributed by atoms with van der Waals surface area (Å²) in [7, 11) is 1.51. The molecule has 0 amide bonds. The molecule has 0 bridgehead atoms. The van der Waals surface area contributed by atoms with Gasteiger partial charge >= 0.3 is 5.63 Å². The molecule has 118 valence electrons. The van der Waals surface area contributed by atoms with Gasteiger partial charge < -0.3 is 13.7 Å². The van der Waals surface area contributed by atoms with E-state index in [1.807, 2.05) is 6.07 Å². The number of para-hydroxylation sites is 1. The lowest BCUT2D eigenvalue weighted by molar-refractivity contribution is 0.405. The van der Waals surface area contributed by atoms with Crippen LogP contribution >= 0.6 is 0 Å². The molecule has 0 saturated carbocycles. The number of hydrogen-bond donors (Lipinski definition) is 0. The van der Waals surface area contributed by atoms with E-state index in [1.54, 1.807) is 42.7 Å². The van der Waals surface area contributed by atoms with Gasteiger partial charge in [-0.05, 0) is 24.3 Å². The molecule has 7 heteroatoms. The van der Waals surface area contributed by atoms with Crippen molar-refractivity contribution in [3.8, 4) is 28.6 Å². The van der Waals surface area contributed by atoms with E-state index in [0.717, 1.165) is 0 Å². The molecule has 0 spiro atoms. The topological polar surface area (TPSA) is 91.3 Å². The highest BCUT2D eigenvalue weighted by Crippen LogP contribution is 2.27. The number of ether oxygens (including phenoxy) is 1. The van der Waals surface area contributed by atoms with Crippen molar-refractivity contribution in [2.45, 2.75) is 0 Å². The van der Waals surface area contributed by atoms with Crippen LogP contribution in [0.4, 0.5) is 0 Å². The third kappa shape index (κ3) is 2.32. The minimum absolute atomic E-state index is 0.0901. The van der Waals surface area contributed by atoms with Crippen LogP contribution in [0, 0.1) is 0 Å². The highest BCUT2D eigenvalue weighted by atomic mass is 16.5. The Balaban J connectivity index is 1.84. The zero-order valence-electron chi connectivity index (χ0n) is 12.6. The van der Waals surface area contributed by atoms with E-state index in [4.69, 9.17) is 13.7 Å². The number of pyridine rings is 1. The Labute approximate surface area is 135 Å². The highest BCUT2D eigenvalue weighted by molar-refractivity contribution is 5.85. The summed E-state index contributed by atoms with van der Waals surface area (Å²) in [6, 6.07) is 10.5. The average Bonchev–Trinajstić information content (AvgIpc) is 3.11. The molecule has 4 rings (SSSR count). The van der Waals surface area contributed by atoms with Crippen LogP contribution < -0.4 is 10.4 Å². The summed E-state index contributed by atoms with van der Waals surface area (Å²) in [6.45, 7) is 0. The van der Waals surface area contributed by atoms with Gasteiger partial charge in [0.1, 0.15) is 5.56 Å². The van der Waals surface area contributed by atoms with Crippen molar-refractivity contribution in [2.75, 3.05) is 7.11 Å². The summed E-state index contributed by atoms with van der Waals surface area (Å²) >= 11 is 0. The quantitative estimate of drug-likeness (QED) is 0.536. The van der Waals surface area contributed by atoms with Gasteiger partial charge in [-0.1, -0.05) is 17.3 Å². The molecular formula is C17H11N3O4. The first-order valence-corrected chi connectivity index (χ1v) is 7.11. The summed E-state index contributed by atoms with van der Waals surface area (Å²) in [6.07, 6.45) is 3.26. The molecule has 0 unspecified atom stereocenters. The third-order valence-corrected chi connectivity index (χ3v) is 3.52. The van der Waals surface area contributed by atoms with Gasteiger partial charge in [0.25, 0.3) is 5.89 Å². The summed E-state index contributed by atoms with van der Waals surface area (Å²) in [4.78, 5) is 20.5. The molecule has 1 aromatic carbocycles. The molecule has 0 atom stereocenters. The molecule has 0 aliphatic heterocycles. The van der Waals surface area contributed by atoms with Crippen LogP contribution in [0.1, 0.15) is 0 Å². The fourth-order valence-electron chi connectivity index (χ4n) is 2.37. The van der Waals surface area contributed by atoms with Gasteiger partial charge in [0.05, 0.1) is 7.11 Å². The lowest BCUT2D eigenvalue weighted by atomic mass is 10.1. The van der Waals surface area contributed by atoms with Crippen molar-refractivity contribution < 1.29 is 13.7 Å². The molecule has 0 aliphatic rings. The molecule has 7 nitrogen and oxygen atoms in total. The summed E-state index contributed by atoms with van der Waals surface area (Å²) < 4.78 is 15.8. The van der Waals surface area contributed by atoms with Crippen molar-refractivity contribution in [3.05, 3.63) is 59.2 Å². The van der Waals surface area contributed by atoms with Gasteiger partial charge in [-0.2, -0.15) is 4.98 Å². The SMILES string of the molecule is COc1cccc2cc(-c3nc(-c4cccnc4)no3)c(=O)oc12. The Hall–Kier alpha value is -3.48. The zero-order chi connectivity index (χ0) is 16.5. The van der Waals surface area contributed by atoms with Crippen LogP contribution in [-0.4, -0.2) is 22.2 Å². The van der Waals surface area contributed by atoms with Crippen LogP contribution in [0.25, 0.3) is 33.8 Å². The van der Waals surface area contributed by atoms with Gasteiger partial charge in [-0.3, -0.25) is 4.98 Å². The molecule has 0 aliphatic carbocycles. The highest BCUT2D eigenvalue weighted by Gasteiger charge is 2.17. The standard InChI is InChI=1S/C17H11N3O4/c1-22-13-6-2-4-10-8-12(17(21)23-14(10)13)16-19-15(20-24-16)11-5-3-7-18-9-11/h2-9H,1H3. The predicted octanol–water partition coefficient (Wildman–Crippen LogP) is 2.91. The van der Waals surface area contributed by atoms with E-state index >= 15 is 0 Å². The van der Waals surface area contributed by atoms with E-state index < -0.39 is 5.63 Å². The number of aromatic nitrogens is 3. The molecule has 0 saturated heterocycles. The number of hydrogen-bond acceptors (Lipinski definition) is 7. The molecule has 4 aromatic rings. The fraction of sp³-hybridized carbons (Fsp3) is 0.0588. The van der Waals surface area contributed by atoms with Crippen molar-refractivity contribution >= 4 is 11.0 Å². The van der Waals surface area contributed by atoms with Crippen molar-refractivity contribution in [3.63, 3.8) is 0 Å². The molecule has 3 heterocycles. The molecular weight excluding hydrogens is 310 g/mol. The van der Waals surface area contributed by atoms with Gasteiger partial charge in [-0.15, -0.1) is 0 Å². The summed E-state index contributed by atoms with van der Waals surface area (Å²) in [5.41, 5.74) is 0.687. The smallest absolute Gasteiger partial charge is 0.349 e. The van der Waals surface area contributed by atoms with Gasteiger partial charge in [0.15, 0.2) is 11.3 Å². The normalized spacial score (nSPS) is 10.9. The monoisotopic (exact) mass is 321 g/mol. The first kappa shape index (κ1) is 14.1. The Bertz CT molecular complexity index is 1070. The van der Waals surface area contributed by atoms with Crippen LogP contribution in [-0.2, 0) is 0 Å². The van der Waals surface area contributed by atoms with Gasteiger partial charge in [0, 0.05) is 23.3 Å². The fourth-order valence-corrected chi connectivity index (χ4v) is 2.37. The Morgan fingerprint density at radius 2 is 2.08 bits per heavy atom. The lowest BCUT2D eigenvalue weighted by Gasteiger charge is -2.03. The van der Waals surface area contributed by atoms with Gasteiger partial charge in [0.2, 0.25) is 5.82 Å². The van der Waals surface area contributed by atoms with Crippen LogP contribution in [0.5, 0.6) is 5.75 Å². The van der Waals surface area contributed by atoms with Crippen LogP contribution in [0.2, 0.25) is 0 Å². The molecule has 0 radical (unpaired) electrons. The second-order valence-electron chi connectivity index (χ2n) is 4.99. The molecule has 0 fully saturated rings. The molecule has 24 heavy (non-hydrogen) atoms. The van der Waals surface area contributed by atoms with Crippen molar-refractivity contribution in [2.24, 2.45) is 0 Å². The number of nitrogens with zero attached hydrogens (tertiary/aromatic N) is 3. The van der Waals surface area contributed by atoms with Crippen molar-refractivity contribution in [1.29, 1.82) is 0 Å². The van der Waals surface area contributed by atoms with E-state index in [0.29, 0.717) is 28.1 Å². The first-order chi connectivity index (χ1) is 11.8. The van der Waals surface area contributed by atoms with E-state index in [2.05, 4.69) is 15.1 Å². The summed E-state index contributed by atoms with van der Waals surface area (Å²) in [5, 5.41) is 4.59. The van der Waals surface area contributed by atoms with Crippen LogP contribution in [0.3, 0.4) is 0 Å². The van der Waals surface area contributed by atoms with E-state index in [1.165, 1.54) is 7.11 Å². The Kier molecular flexibility index (Phi) is 3.31. The lowest BCUT2D eigenvalue weighted by Crippen LogP contribution is -2.03. The maximum atomic E-state index is 12.3. The minimum atomic E-state index is -0.576. The first-order valence-electron chi connectivity index (χ1n) is 7.11. The van der Waals surface area contributed by atoms with E-state index in [-0.39, 0.29) is 11.5 Å². The molecule has 0 N–H and O–H groups in total. The third-order valence-electron chi connectivity index (χ3n) is 3.52. The maximum absolute atomic E-state index is 12.3. The number of methoxy groups -OCH3 is 1. The zero-order valence-corrected chi connectivity index (χ0v) is 12.6. The minimum Gasteiger partial charge on any atom is -0.493 e. The predicted molar refractivity (Wildman–Crippen MR) is 85.6 cm³/mol. The second-order valence-corrected chi connectivity index (χ2v) is 4.99.